The first-order valence-corrected chi connectivity index (χ1v) is 21.8. The first-order valence-electron chi connectivity index (χ1n) is 21.8. The summed E-state index contributed by atoms with van der Waals surface area (Å²) < 4.78 is 0. The Kier molecular flexibility index (Phi) is 15.0. The molecule has 0 radical (unpaired) electrons. The molecule has 1 heterocycles. The normalized spacial score (nSPS) is 14.9. The molecule has 0 amide bonds. The summed E-state index contributed by atoms with van der Waals surface area (Å²) in [5.74, 6) is 0.822. The number of nitrogens with zero attached hydrogens (tertiary/aromatic N) is 2. The maximum absolute atomic E-state index is 4.15. The highest BCUT2D eigenvalue weighted by Gasteiger charge is 2.34. The third kappa shape index (κ3) is 11.4. The summed E-state index contributed by atoms with van der Waals surface area (Å²) in [4.78, 5) is 6.51. The summed E-state index contributed by atoms with van der Waals surface area (Å²) >= 11 is 0. The van der Waals surface area contributed by atoms with Crippen molar-refractivity contribution < 1.29 is 0 Å². The van der Waals surface area contributed by atoms with Crippen molar-refractivity contribution >= 4 is 34.4 Å². The van der Waals surface area contributed by atoms with Crippen molar-refractivity contribution in [3.8, 4) is 0 Å². The second-order valence-electron chi connectivity index (χ2n) is 17.4. The molecular weight excluding hydrogens is 751 g/mol. The van der Waals surface area contributed by atoms with Gasteiger partial charge in [-0.25, -0.2) is 4.98 Å². The highest BCUT2D eigenvalue weighted by atomic mass is 15.1. The van der Waals surface area contributed by atoms with Crippen LogP contribution >= 0.6 is 0 Å². The van der Waals surface area contributed by atoms with Crippen molar-refractivity contribution in [1.82, 2.24) is 4.98 Å². The van der Waals surface area contributed by atoms with Crippen LogP contribution in [0.5, 0.6) is 0 Å². The van der Waals surface area contributed by atoms with Gasteiger partial charge in [0.2, 0.25) is 0 Å². The molecule has 7 rings (SSSR count). The highest BCUT2D eigenvalue weighted by Crippen LogP contribution is 2.47. The fourth-order valence-electron chi connectivity index (χ4n) is 7.86. The smallest absolute Gasteiger partial charge is 0.130 e. The van der Waals surface area contributed by atoms with E-state index in [-0.39, 0.29) is 10.8 Å². The molecule has 3 heteroatoms. The van der Waals surface area contributed by atoms with E-state index in [2.05, 4.69) is 216 Å². The van der Waals surface area contributed by atoms with Crippen molar-refractivity contribution in [3.05, 3.63) is 245 Å². The van der Waals surface area contributed by atoms with E-state index in [1.807, 2.05) is 43.4 Å². The predicted molar refractivity (Wildman–Crippen MR) is 271 cm³/mol. The molecule has 2 aliphatic rings. The van der Waals surface area contributed by atoms with Gasteiger partial charge in [0.05, 0.1) is 0 Å². The molecule has 1 N–H and O–H groups in total. The van der Waals surface area contributed by atoms with Crippen molar-refractivity contribution in [2.75, 3.05) is 16.8 Å². The van der Waals surface area contributed by atoms with Gasteiger partial charge in [0.25, 0.3) is 0 Å². The van der Waals surface area contributed by atoms with Crippen LogP contribution in [0.15, 0.2) is 212 Å². The van der Waals surface area contributed by atoms with Crippen LogP contribution in [0.3, 0.4) is 0 Å². The zero-order valence-corrected chi connectivity index (χ0v) is 38.0. The van der Waals surface area contributed by atoms with E-state index in [1.54, 1.807) is 12.3 Å². The SMILES string of the molecule is C=C/C(=C\C=C/C)Nc1ccccn1.CC1=C(/C=C\CN(c2ccccc2)c2ccccc2)c2ccc(/C=C/C3=CCC=C(c4ccc(C)cc4C(C)(C)C)C=C3)cc2C1(C)C. The summed E-state index contributed by atoms with van der Waals surface area (Å²) in [7, 11) is 0. The summed E-state index contributed by atoms with van der Waals surface area (Å²) in [5, 5.41) is 3.14. The number of aryl methyl sites for hydroxylation is 1. The molecule has 0 aliphatic heterocycles. The molecule has 0 atom stereocenters. The fraction of sp³-hybridized carbons (Fsp3) is 0.203. The monoisotopic (exact) mass is 814 g/mol. The van der Waals surface area contributed by atoms with E-state index < -0.39 is 0 Å². The molecule has 0 saturated heterocycles. The van der Waals surface area contributed by atoms with Crippen LogP contribution in [0, 0.1) is 6.92 Å². The molecular formula is C59H63N3. The summed E-state index contributed by atoms with van der Waals surface area (Å²) in [5.41, 5.74) is 16.7. The number of rotatable bonds is 12. The lowest BCUT2D eigenvalue weighted by Gasteiger charge is -2.24. The number of allylic oxidation sites excluding steroid dienone is 14. The fourth-order valence-corrected chi connectivity index (χ4v) is 7.86. The van der Waals surface area contributed by atoms with Gasteiger partial charge in [0, 0.05) is 35.2 Å². The van der Waals surface area contributed by atoms with E-state index >= 15 is 0 Å². The number of nitrogens with one attached hydrogen (secondary N) is 1. The van der Waals surface area contributed by atoms with Gasteiger partial charge in [0.15, 0.2) is 0 Å². The molecule has 0 spiro atoms. The average molecular weight is 814 g/mol. The van der Waals surface area contributed by atoms with Crippen molar-refractivity contribution in [2.24, 2.45) is 0 Å². The Balaban J connectivity index is 0.000000390. The average Bonchev–Trinajstić information content (AvgIpc) is 3.41. The molecule has 0 unspecified atom stereocenters. The zero-order chi connectivity index (χ0) is 44.1. The topological polar surface area (TPSA) is 28.2 Å². The van der Waals surface area contributed by atoms with Gasteiger partial charge in [-0.3, -0.25) is 0 Å². The van der Waals surface area contributed by atoms with Gasteiger partial charge in [-0.2, -0.15) is 0 Å². The molecule has 4 aromatic carbocycles. The molecule has 2 aliphatic carbocycles. The van der Waals surface area contributed by atoms with Gasteiger partial charge >= 0.3 is 0 Å². The van der Waals surface area contributed by atoms with Gasteiger partial charge in [-0.05, 0) is 126 Å². The second-order valence-corrected chi connectivity index (χ2v) is 17.4. The van der Waals surface area contributed by atoms with E-state index in [1.165, 1.54) is 67.0 Å². The third-order valence-corrected chi connectivity index (χ3v) is 11.6. The van der Waals surface area contributed by atoms with Crippen LogP contribution in [0.4, 0.5) is 17.2 Å². The number of pyridine rings is 1. The van der Waals surface area contributed by atoms with E-state index in [9.17, 15) is 0 Å². The number of hydrogen-bond donors (Lipinski definition) is 1. The number of anilines is 3. The molecule has 5 aromatic rings. The lowest BCUT2D eigenvalue weighted by molar-refractivity contribution is 0.588. The van der Waals surface area contributed by atoms with Crippen LogP contribution in [-0.2, 0) is 10.8 Å². The molecule has 62 heavy (non-hydrogen) atoms. The summed E-state index contributed by atoms with van der Waals surface area (Å²) in [6.45, 7) is 22.6. The molecule has 1 aromatic heterocycles. The third-order valence-electron chi connectivity index (χ3n) is 11.6. The zero-order valence-electron chi connectivity index (χ0n) is 38.0. The second kappa shape index (κ2) is 20.7. The minimum absolute atomic E-state index is 0.0312. The Morgan fingerprint density at radius 2 is 1.48 bits per heavy atom. The Morgan fingerprint density at radius 1 is 0.790 bits per heavy atom. The van der Waals surface area contributed by atoms with Crippen LogP contribution in [0.25, 0.3) is 17.2 Å². The number of fused-ring (bicyclic) bond motifs is 1. The first kappa shape index (κ1) is 44.8. The number of aromatic nitrogens is 1. The Hall–Kier alpha value is -6.71. The Bertz CT molecular complexity index is 2530. The minimum atomic E-state index is -0.0312. The van der Waals surface area contributed by atoms with Crippen molar-refractivity contribution in [2.45, 2.75) is 72.6 Å². The van der Waals surface area contributed by atoms with Crippen LogP contribution in [-0.4, -0.2) is 11.5 Å². The number of hydrogen-bond acceptors (Lipinski definition) is 3. The number of para-hydroxylation sites is 2. The van der Waals surface area contributed by atoms with Crippen LogP contribution < -0.4 is 10.2 Å². The number of benzene rings is 4. The minimum Gasteiger partial charge on any atom is -0.340 e. The van der Waals surface area contributed by atoms with Crippen LogP contribution in [0.2, 0.25) is 0 Å². The highest BCUT2D eigenvalue weighted by molar-refractivity contribution is 5.86. The van der Waals surface area contributed by atoms with Crippen LogP contribution in [0.1, 0.15) is 88.3 Å². The standard InChI is InChI=1S/C47H49N.C12H14N2/c1-34-23-29-42(44(32-34)46(3,4)5)38-17-14-16-36(26-28-38)24-25-37-27-30-43-41(35(2)47(6,7)45(43)33-37)22-15-31-48(39-18-10-8-11-19-39)40-20-12-9-13-21-40;1-3-5-8-11(4-2)14-12-9-6-7-10-13-12/h8-13,15-30,32-33H,14,31H2,1-7H3;3-10H,2H2,1H3,(H,13,14)/b22-15-,25-24+;5-3-,11-8+. The van der Waals surface area contributed by atoms with Gasteiger partial charge < -0.3 is 10.2 Å². The molecule has 3 nitrogen and oxygen atoms in total. The molecule has 314 valence electrons. The maximum atomic E-state index is 4.15. The van der Waals surface area contributed by atoms with Gasteiger partial charge in [-0.15, -0.1) is 0 Å². The summed E-state index contributed by atoms with van der Waals surface area (Å²) in [6.07, 6.45) is 28.7. The Labute approximate surface area is 372 Å². The van der Waals surface area contributed by atoms with Gasteiger partial charge in [0.1, 0.15) is 5.82 Å². The largest absolute Gasteiger partial charge is 0.340 e. The quantitative estimate of drug-likeness (QED) is 0.127. The molecule has 0 bridgehead atoms. The van der Waals surface area contributed by atoms with Crippen molar-refractivity contribution in [3.63, 3.8) is 0 Å². The lowest BCUT2D eigenvalue weighted by atomic mass is 9.80. The molecule has 0 fully saturated rings. The van der Waals surface area contributed by atoms with E-state index in [0.29, 0.717) is 0 Å². The maximum Gasteiger partial charge on any atom is 0.130 e. The van der Waals surface area contributed by atoms with E-state index in [4.69, 9.17) is 0 Å². The summed E-state index contributed by atoms with van der Waals surface area (Å²) in [6, 6.07) is 40.9. The predicted octanol–water partition coefficient (Wildman–Crippen LogP) is 15.9. The Morgan fingerprint density at radius 3 is 2.13 bits per heavy atom. The lowest BCUT2D eigenvalue weighted by Crippen LogP contribution is -2.16. The molecule has 0 saturated carbocycles. The van der Waals surface area contributed by atoms with E-state index in [0.717, 1.165) is 24.5 Å². The first-order chi connectivity index (χ1) is 29.9. The van der Waals surface area contributed by atoms with Crippen molar-refractivity contribution in [1.29, 1.82) is 0 Å². The van der Waals surface area contributed by atoms with Gasteiger partial charge in [-0.1, -0.05) is 192 Å².